The molecule has 4 heterocycles. The molecule has 1 aliphatic heterocycles. The van der Waals surface area contributed by atoms with E-state index in [1.807, 2.05) is 5.32 Å². The molecule has 3 aromatic heterocycles. The Morgan fingerprint density at radius 2 is 2.05 bits per heavy atom. The summed E-state index contributed by atoms with van der Waals surface area (Å²) in [7, 11) is 1.34. The van der Waals surface area contributed by atoms with E-state index in [1.165, 1.54) is 30.1 Å². The van der Waals surface area contributed by atoms with Crippen LogP contribution in [0.15, 0.2) is 29.4 Å². The molecule has 2 N–H and O–H groups in total. The Bertz CT molecular complexity index is 1500. The first-order chi connectivity index (χ1) is 20.4. The molecule has 1 aliphatic carbocycles. The molecule has 18 heteroatoms. The van der Waals surface area contributed by atoms with Gasteiger partial charge in [-0.05, 0) is 41.2 Å². The number of hydrogen-bond acceptors (Lipinski definition) is 8. The minimum atomic E-state index is -4.64. The molecule has 43 heavy (non-hydrogen) atoms. The van der Waals surface area contributed by atoms with Crippen LogP contribution in [0.3, 0.4) is 0 Å². The van der Waals surface area contributed by atoms with E-state index in [2.05, 4.69) is 30.3 Å². The van der Waals surface area contributed by atoms with Crippen LogP contribution in [-0.2, 0) is 4.74 Å². The first kappa shape index (κ1) is 30.2. The Balaban J connectivity index is 1.46. The van der Waals surface area contributed by atoms with Gasteiger partial charge in [0.2, 0.25) is 5.92 Å². The molecule has 0 aromatic carbocycles. The maximum absolute atomic E-state index is 14.0. The molecule has 232 valence electrons. The first-order valence-electron chi connectivity index (χ1n) is 13.2. The standard InChI is InChI=1S/C25H26F6N8O4/c1-42-12-17(38-11-18(25(29,30)31)34-23(38)41)14-8-19-33-16(10-39(19)32-9-14)20(13-2-5-24(27,28)6-3-13)35-22(40)21-15(4-7-26)36-43-37-21/h4,7-10,13,17-18,20H,2-3,5-6,11-12H2,1H3,(H,34,41)(H,35,40)/b7-4-/t17-,18+,20+/m1/s1. The Hall–Kier alpha value is -4.22. The van der Waals surface area contributed by atoms with Crippen molar-refractivity contribution in [1.29, 1.82) is 0 Å². The van der Waals surface area contributed by atoms with Gasteiger partial charge in [-0.25, -0.2) is 32.1 Å². The molecule has 5 rings (SSSR count). The summed E-state index contributed by atoms with van der Waals surface area (Å²) < 4.78 is 91.6. The van der Waals surface area contributed by atoms with Crippen molar-refractivity contribution in [2.45, 2.75) is 55.9 Å². The van der Waals surface area contributed by atoms with Crippen molar-refractivity contribution in [3.8, 4) is 0 Å². The molecule has 0 spiro atoms. The molecule has 0 unspecified atom stereocenters. The van der Waals surface area contributed by atoms with E-state index in [4.69, 9.17) is 4.74 Å². The minimum Gasteiger partial charge on any atom is -0.382 e. The van der Waals surface area contributed by atoms with Crippen molar-refractivity contribution in [3.63, 3.8) is 0 Å². The van der Waals surface area contributed by atoms with Gasteiger partial charge in [0.25, 0.3) is 5.91 Å². The number of nitrogens with zero attached hydrogens (tertiary/aromatic N) is 6. The van der Waals surface area contributed by atoms with E-state index in [-0.39, 0.29) is 48.5 Å². The van der Waals surface area contributed by atoms with E-state index >= 15 is 0 Å². The Labute approximate surface area is 239 Å². The molecule has 3 aromatic rings. The number of aromatic nitrogens is 5. The monoisotopic (exact) mass is 616 g/mol. The Morgan fingerprint density at radius 3 is 2.70 bits per heavy atom. The fourth-order valence-electron chi connectivity index (χ4n) is 5.34. The van der Waals surface area contributed by atoms with Crippen molar-refractivity contribution < 1.29 is 45.3 Å². The molecule has 2 fully saturated rings. The molecule has 12 nitrogen and oxygen atoms in total. The molecular formula is C25H26F6N8O4. The van der Waals surface area contributed by atoms with Crippen molar-refractivity contribution in [2.24, 2.45) is 5.92 Å². The summed E-state index contributed by atoms with van der Waals surface area (Å²) in [6, 6.07) is -3.31. The van der Waals surface area contributed by atoms with E-state index in [9.17, 15) is 35.9 Å². The second kappa shape index (κ2) is 11.8. The Kier molecular flexibility index (Phi) is 8.31. The predicted octanol–water partition coefficient (Wildman–Crippen LogP) is 3.99. The summed E-state index contributed by atoms with van der Waals surface area (Å²) in [4.78, 5) is 31.1. The highest BCUT2D eigenvalue weighted by Gasteiger charge is 2.48. The molecule has 2 aliphatic rings. The average molecular weight is 617 g/mol. The van der Waals surface area contributed by atoms with Gasteiger partial charge < -0.3 is 20.3 Å². The molecule has 1 saturated carbocycles. The highest BCUT2D eigenvalue weighted by Crippen LogP contribution is 2.41. The maximum Gasteiger partial charge on any atom is 0.410 e. The minimum absolute atomic E-state index is 0.0547. The molecule has 3 atom stereocenters. The fraction of sp³-hybridized carbons (Fsp3) is 0.520. The van der Waals surface area contributed by atoms with Gasteiger partial charge in [-0.15, -0.1) is 0 Å². The lowest BCUT2D eigenvalue weighted by Gasteiger charge is -2.33. The number of nitrogens with one attached hydrogen (secondary N) is 2. The zero-order valence-corrected chi connectivity index (χ0v) is 22.5. The van der Waals surface area contributed by atoms with Crippen LogP contribution >= 0.6 is 0 Å². The zero-order valence-electron chi connectivity index (χ0n) is 22.5. The third-order valence-corrected chi connectivity index (χ3v) is 7.57. The average Bonchev–Trinajstić information content (AvgIpc) is 3.68. The van der Waals surface area contributed by atoms with Crippen molar-refractivity contribution in [3.05, 3.63) is 47.4 Å². The van der Waals surface area contributed by atoms with Crippen molar-refractivity contribution >= 4 is 23.7 Å². The van der Waals surface area contributed by atoms with Crippen LogP contribution in [0, 0.1) is 5.92 Å². The second-order valence-electron chi connectivity index (χ2n) is 10.4. The van der Waals surface area contributed by atoms with E-state index < -0.39 is 67.5 Å². The van der Waals surface area contributed by atoms with Crippen LogP contribution < -0.4 is 10.6 Å². The van der Waals surface area contributed by atoms with Crippen LogP contribution in [0.1, 0.15) is 65.2 Å². The van der Waals surface area contributed by atoms with Gasteiger partial charge in [-0.3, -0.25) is 4.79 Å². The number of halogens is 6. The number of rotatable bonds is 9. The largest absolute Gasteiger partial charge is 0.410 e. The van der Waals surface area contributed by atoms with Crippen LogP contribution in [0.2, 0.25) is 0 Å². The quantitative estimate of drug-likeness (QED) is 0.344. The molecule has 3 amide bonds. The van der Waals surface area contributed by atoms with Crippen LogP contribution in [-0.4, -0.2) is 80.2 Å². The summed E-state index contributed by atoms with van der Waals surface area (Å²) in [5.74, 6) is -4.12. The number of carbonyl (C=O) groups excluding carboxylic acids is 2. The molecule has 0 radical (unpaired) electrons. The number of fused-ring (bicyclic) bond motifs is 1. The number of hydrogen-bond donors (Lipinski definition) is 2. The predicted molar refractivity (Wildman–Crippen MR) is 134 cm³/mol. The van der Waals surface area contributed by atoms with E-state index in [1.54, 1.807) is 0 Å². The number of imidazole rings is 1. The summed E-state index contributed by atoms with van der Waals surface area (Å²) >= 11 is 0. The van der Waals surface area contributed by atoms with Gasteiger partial charge in [-0.2, -0.15) is 18.3 Å². The smallest absolute Gasteiger partial charge is 0.382 e. The molecule has 0 bridgehead atoms. The van der Waals surface area contributed by atoms with E-state index in [0.717, 1.165) is 11.0 Å². The lowest BCUT2D eigenvalue weighted by Crippen LogP contribution is -2.40. The maximum atomic E-state index is 14.0. The van der Waals surface area contributed by atoms with Gasteiger partial charge in [0, 0.05) is 25.5 Å². The van der Waals surface area contributed by atoms with Gasteiger partial charge in [0.15, 0.2) is 11.3 Å². The summed E-state index contributed by atoms with van der Waals surface area (Å²) in [5.41, 5.74) is 0.293. The topological polar surface area (TPSA) is 140 Å². The van der Waals surface area contributed by atoms with Gasteiger partial charge in [-0.1, -0.05) is 0 Å². The summed E-state index contributed by atoms with van der Waals surface area (Å²) in [6.45, 7) is -0.780. The van der Waals surface area contributed by atoms with Gasteiger partial charge in [0.05, 0.1) is 49.7 Å². The van der Waals surface area contributed by atoms with E-state index in [0.29, 0.717) is 5.56 Å². The number of urea groups is 1. The van der Waals surface area contributed by atoms with Crippen molar-refractivity contribution in [1.82, 2.24) is 40.4 Å². The lowest BCUT2D eigenvalue weighted by atomic mass is 9.81. The highest BCUT2D eigenvalue weighted by molar-refractivity contribution is 5.95. The van der Waals surface area contributed by atoms with Crippen molar-refractivity contribution in [2.75, 3.05) is 20.3 Å². The summed E-state index contributed by atoms with van der Waals surface area (Å²) in [5, 5.41) is 15.9. The zero-order chi connectivity index (χ0) is 30.9. The lowest BCUT2D eigenvalue weighted by molar-refractivity contribution is -0.150. The molecular weight excluding hydrogens is 590 g/mol. The Morgan fingerprint density at radius 1 is 1.30 bits per heavy atom. The number of ether oxygens (including phenoxy) is 1. The highest BCUT2D eigenvalue weighted by atomic mass is 19.4. The normalized spacial score (nSPS) is 21.0. The second-order valence-corrected chi connectivity index (χ2v) is 10.4. The van der Waals surface area contributed by atoms with Crippen LogP contribution in [0.25, 0.3) is 11.7 Å². The number of carbonyl (C=O) groups is 2. The van der Waals surface area contributed by atoms with Crippen LogP contribution in [0.5, 0.6) is 0 Å². The number of methoxy groups -OCH3 is 1. The number of alkyl halides is 5. The van der Waals surface area contributed by atoms with Gasteiger partial charge in [0.1, 0.15) is 11.7 Å². The number of amides is 3. The third kappa shape index (κ3) is 6.42. The first-order valence-corrected chi connectivity index (χ1v) is 13.2. The summed E-state index contributed by atoms with van der Waals surface area (Å²) in [6.07, 6.45) is -1.50. The third-order valence-electron chi connectivity index (χ3n) is 7.57. The fourth-order valence-corrected chi connectivity index (χ4v) is 5.34. The van der Waals surface area contributed by atoms with Crippen LogP contribution in [0.4, 0.5) is 31.1 Å². The van der Waals surface area contributed by atoms with Gasteiger partial charge >= 0.3 is 12.2 Å². The molecule has 1 saturated heterocycles. The SMILES string of the molecule is COC[C@H](c1cnn2cc([C@@H](NC(=O)c3nonc3/C=C\F)C3CCC(F)(F)CC3)nc2c1)N1C[C@@H](C(F)(F)F)NC1=O.